The number of nitrogens with zero attached hydrogens (tertiary/aromatic N) is 4. The summed E-state index contributed by atoms with van der Waals surface area (Å²) in [6.07, 6.45) is 4.06. The number of fused-ring (bicyclic) bond motifs is 6. The predicted molar refractivity (Wildman–Crippen MR) is 178 cm³/mol. The molecule has 12 heteroatoms. The lowest BCUT2D eigenvalue weighted by Gasteiger charge is -2.51. The maximum atomic E-state index is 15.7. The summed E-state index contributed by atoms with van der Waals surface area (Å²) < 4.78 is 27.6. The highest BCUT2D eigenvalue weighted by Crippen LogP contribution is 2.44. The van der Waals surface area contributed by atoms with E-state index in [-0.39, 0.29) is 58.0 Å². The molecule has 246 valence electrons. The molecule has 5 saturated heterocycles. The highest BCUT2D eigenvalue weighted by molar-refractivity contribution is 6.40. The van der Waals surface area contributed by atoms with Crippen LogP contribution in [0.1, 0.15) is 52.0 Å². The molecule has 0 saturated carbocycles. The van der Waals surface area contributed by atoms with Crippen LogP contribution in [-0.2, 0) is 11.3 Å². The molecule has 0 aliphatic carbocycles. The van der Waals surface area contributed by atoms with Crippen LogP contribution in [0.3, 0.4) is 0 Å². The number of rotatable bonds is 5. The number of halogens is 3. The molecule has 9 nitrogen and oxygen atoms in total. The number of ether oxygens (including phenoxy) is 2. The molecule has 9 rings (SSSR count). The third-order valence-electron chi connectivity index (χ3n) is 10.6. The number of benzene rings is 3. The number of anilines is 2. The number of amides is 1. The average Bonchev–Trinajstić information content (AvgIpc) is 3.30. The molecule has 47 heavy (non-hydrogen) atoms. The summed E-state index contributed by atoms with van der Waals surface area (Å²) in [6.45, 7) is 3.00. The number of para-hydroxylation sites is 1. The van der Waals surface area contributed by atoms with Crippen molar-refractivity contribution in [2.24, 2.45) is 0 Å². The fourth-order valence-electron chi connectivity index (χ4n) is 8.23. The van der Waals surface area contributed by atoms with Crippen molar-refractivity contribution < 1.29 is 28.6 Å². The van der Waals surface area contributed by atoms with Gasteiger partial charge in [-0.05, 0) is 57.0 Å². The Labute approximate surface area is 282 Å². The Balaban J connectivity index is 1.07. The van der Waals surface area contributed by atoms with Gasteiger partial charge in [0.2, 0.25) is 0 Å². The molecule has 5 fully saturated rings. The summed E-state index contributed by atoms with van der Waals surface area (Å²) in [5, 5.41) is 10.6. The van der Waals surface area contributed by atoms with Gasteiger partial charge in [0.15, 0.2) is 6.73 Å². The van der Waals surface area contributed by atoms with Gasteiger partial charge >= 0.3 is 5.97 Å². The summed E-state index contributed by atoms with van der Waals surface area (Å²) in [4.78, 5) is 34.4. The van der Waals surface area contributed by atoms with E-state index in [2.05, 4.69) is 21.7 Å². The van der Waals surface area contributed by atoms with Gasteiger partial charge in [-0.25, -0.2) is 9.18 Å². The van der Waals surface area contributed by atoms with Crippen LogP contribution in [-0.4, -0.2) is 91.0 Å². The van der Waals surface area contributed by atoms with Crippen molar-refractivity contribution in [2.45, 2.75) is 56.4 Å². The second-order valence-electron chi connectivity index (χ2n) is 13.3. The van der Waals surface area contributed by atoms with Crippen LogP contribution in [0.25, 0.3) is 11.1 Å². The van der Waals surface area contributed by atoms with E-state index >= 15 is 4.39 Å². The first kappa shape index (κ1) is 30.7. The van der Waals surface area contributed by atoms with Gasteiger partial charge in [-0.1, -0.05) is 41.4 Å². The molecule has 4 bridgehead atoms. The second-order valence-corrected chi connectivity index (χ2v) is 14.1. The van der Waals surface area contributed by atoms with Crippen molar-refractivity contribution in [1.29, 1.82) is 0 Å². The molecular formula is C35H35Cl2FN4O5. The Morgan fingerprint density at radius 3 is 2.28 bits per heavy atom. The fourth-order valence-corrected chi connectivity index (χ4v) is 8.87. The van der Waals surface area contributed by atoms with E-state index in [9.17, 15) is 14.7 Å². The van der Waals surface area contributed by atoms with Crippen LogP contribution >= 0.6 is 23.2 Å². The Morgan fingerprint density at radius 2 is 1.62 bits per heavy atom. The van der Waals surface area contributed by atoms with E-state index in [4.69, 9.17) is 32.7 Å². The Bertz CT molecular complexity index is 1750. The van der Waals surface area contributed by atoms with E-state index in [0.29, 0.717) is 47.9 Å². The molecule has 1 N–H and O–H groups in total. The first-order valence-corrected chi connectivity index (χ1v) is 16.9. The Morgan fingerprint density at radius 1 is 0.915 bits per heavy atom. The zero-order valence-electron chi connectivity index (χ0n) is 25.9. The molecule has 6 aliphatic rings. The minimum Gasteiger partial charge on any atom is -0.478 e. The maximum absolute atomic E-state index is 15.7. The van der Waals surface area contributed by atoms with Crippen LogP contribution in [0.5, 0.6) is 5.75 Å². The number of piperidine rings is 2. The molecule has 6 heterocycles. The van der Waals surface area contributed by atoms with Crippen LogP contribution in [0, 0.1) is 5.82 Å². The van der Waals surface area contributed by atoms with Gasteiger partial charge in [0.25, 0.3) is 5.91 Å². The number of morpholine rings is 1. The number of carboxylic acid groups (broad SMARTS) is 1. The highest BCUT2D eigenvalue weighted by Gasteiger charge is 2.40. The Hall–Kier alpha value is -3.57. The van der Waals surface area contributed by atoms with Crippen molar-refractivity contribution in [1.82, 2.24) is 9.80 Å². The predicted octanol–water partition coefficient (Wildman–Crippen LogP) is 6.14. The topological polar surface area (TPSA) is 85.8 Å². The van der Waals surface area contributed by atoms with Gasteiger partial charge in [-0.2, -0.15) is 0 Å². The normalized spacial score (nSPS) is 25.1. The molecule has 3 aromatic rings. The number of carboxylic acids is 1. The van der Waals surface area contributed by atoms with Crippen molar-refractivity contribution in [2.75, 3.05) is 49.9 Å². The molecule has 4 unspecified atom stereocenters. The van der Waals surface area contributed by atoms with E-state index in [0.717, 1.165) is 44.1 Å². The smallest absolute Gasteiger partial charge is 0.337 e. The van der Waals surface area contributed by atoms with Gasteiger partial charge in [-0.15, -0.1) is 0 Å². The first-order chi connectivity index (χ1) is 22.7. The summed E-state index contributed by atoms with van der Waals surface area (Å²) >= 11 is 13.5. The van der Waals surface area contributed by atoms with E-state index in [1.54, 1.807) is 18.2 Å². The summed E-state index contributed by atoms with van der Waals surface area (Å²) in [5.74, 6) is -1.75. The number of likely N-dealkylation sites (N-methyl/N-ethyl adjacent to an activating group) is 1. The van der Waals surface area contributed by atoms with Crippen molar-refractivity contribution in [3.05, 3.63) is 75.0 Å². The standard InChI is InChI=1S/C35H35Cl2FN4O5/c1-39-14-21-6-5-20(39)15-41(21)24-9-28(36)32(29(37)10-24)34(43)40-13-19-3-2-4-25(33(19)47-18-40)26-12-31(27(35(44)45)11-30(26)38)42-22-7-8-23(42)17-46-16-22/h2-4,9-12,20-23H,5-8,13-18H2,1H3,(H,44,45). The molecule has 0 radical (unpaired) electrons. The quantitative estimate of drug-likeness (QED) is 0.344. The summed E-state index contributed by atoms with van der Waals surface area (Å²) in [5.41, 5.74) is 2.97. The number of aromatic carboxylic acids is 1. The van der Waals surface area contributed by atoms with Gasteiger partial charge in [-0.3, -0.25) is 9.69 Å². The number of carbonyl (C=O) groups excluding carboxylic acids is 1. The largest absolute Gasteiger partial charge is 0.478 e. The lowest BCUT2D eigenvalue weighted by Crippen LogP contribution is -2.61. The third-order valence-corrected chi connectivity index (χ3v) is 11.2. The van der Waals surface area contributed by atoms with Gasteiger partial charge in [0.1, 0.15) is 11.6 Å². The maximum Gasteiger partial charge on any atom is 0.337 e. The van der Waals surface area contributed by atoms with E-state index < -0.39 is 11.8 Å². The fraction of sp³-hybridized carbons (Fsp3) is 0.429. The second kappa shape index (κ2) is 11.8. The van der Waals surface area contributed by atoms with Gasteiger partial charge in [0, 0.05) is 47.6 Å². The van der Waals surface area contributed by atoms with E-state index in [1.165, 1.54) is 11.3 Å². The van der Waals surface area contributed by atoms with Crippen molar-refractivity contribution in [3.63, 3.8) is 0 Å². The molecule has 0 spiro atoms. The number of piperazine rings is 1. The Kier molecular flexibility index (Phi) is 7.74. The van der Waals surface area contributed by atoms with Crippen LogP contribution in [0.2, 0.25) is 10.0 Å². The lowest BCUT2D eigenvalue weighted by molar-refractivity contribution is 0.0516. The van der Waals surface area contributed by atoms with Crippen LogP contribution in [0.4, 0.5) is 15.8 Å². The third kappa shape index (κ3) is 5.21. The number of carbonyl (C=O) groups is 2. The number of hydrogen-bond acceptors (Lipinski definition) is 7. The first-order valence-electron chi connectivity index (χ1n) is 16.1. The molecule has 4 atom stereocenters. The molecular weight excluding hydrogens is 646 g/mol. The summed E-state index contributed by atoms with van der Waals surface area (Å²) in [6, 6.07) is 12.7. The minimum atomic E-state index is -1.18. The van der Waals surface area contributed by atoms with Crippen LogP contribution < -0.4 is 14.5 Å². The minimum absolute atomic E-state index is 0.0371. The lowest BCUT2D eigenvalue weighted by atomic mass is 9.90. The highest BCUT2D eigenvalue weighted by atomic mass is 35.5. The van der Waals surface area contributed by atoms with Gasteiger partial charge < -0.3 is 29.3 Å². The van der Waals surface area contributed by atoms with Crippen LogP contribution in [0.15, 0.2) is 42.5 Å². The SMILES string of the molecule is CN1CC2CCC1CN2c1cc(Cl)c(C(=O)N2COc3c(cccc3-c3cc(N4C5CCC4COC5)c(C(=O)O)cc3F)C2)c(Cl)c1. The molecule has 0 aromatic heterocycles. The number of hydrogen-bond donors (Lipinski definition) is 1. The monoisotopic (exact) mass is 680 g/mol. The molecule has 6 aliphatic heterocycles. The summed E-state index contributed by atoms with van der Waals surface area (Å²) in [7, 11) is 2.16. The molecule has 3 aromatic carbocycles. The van der Waals surface area contributed by atoms with Crippen molar-refractivity contribution >= 4 is 46.5 Å². The zero-order chi connectivity index (χ0) is 32.6. The van der Waals surface area contributed by atoms with Crippen molar-refractivity contribution in [3.8, 4) is 16.9 Å². The zero-order valence-corrected chi connectivity index (χ0v) is 27.4. The molecule has 1 amide bonds. The van der Waals surface area contributed by atoms with E-state index in [1.807, 2.05) is 18.2 Å². The van der Waals surface area contributed by atoms with Gasteiger partial charge in [0.05, 0.1) is 58.7 Å². The average molecular weight is 682 g/mol.